The van der Waals surface area contributed by atoms with Crippen LogP contribution >= 0.6 is 0 Å². The number of likely N-dealkylation sites (tertiary alicyclic amines) is 1. The van der Waals surface area contributed by atoms with E-state index >= 15 is 4.39 Å². The Morgan fingerprint density at radius 2 is 1.86 bits per heavy atom. The van der Waals surface area contributed by atoms with Gasteiger partial charge in [-0.15, -0.1) is 0 Å². The van der Waals surface area contributed by atoms with E-state index in [0.29, 0.717) is 21.6 Å². The Kier molecular flexibility index (Phi) is 6.78. The van der Waals surface area contributed by atoms with Crippen molar-refractivity contribution in [3.63, 3.8) is 0 Å². The van der Waals surface area contributed by atoms with Gasteiger partial charge in [-0.05, 0) is 51.5 Å². The van der Waals surface area contributed by atoms with Gasteiger partial charge in [0.15, 0.2) is 0 Å². The second kappa shape index (κ2) is 9.71. The molecule has 1 aromatic heterocycles. The van der Waals surface area contributed by atoms with E-state index in [1.54, 1.807) is 32.9 Å². The predicted molar refractivity (Wildman–Crippen MR) is 141 cm³/mol. The molecule has 3 fully saturated rings. The number of ether oxygens (including phenoxy) is 1. The molecule has 2 aromatic rings. The number of carbonyl (C=O) groups is 3. The Morgan fingerprint density at radius 1 is 1.17 bits per heavy atom. The second-order valence-electron chi connectivity index (χ2n) is 12.1. The third-order valence-electron chi connectivity index (χ3n) is 8.44. The Balaban J connectivity index is 1.36. The summed E-state index contributed by atoms with van der Waals surface area (Å²) < 4.78 is 64.8. The molecule has 0 radical (unpaired) electrons. The van der Waals surface area contributed by atoms with Crippen LogP contribution in [0, 0.1) is 22.2 Å². The molecule has 5 rings (SSSR count). The number of amides is 3. The average Bonchev–Trinajstić information content (AvgIpc) is 3.47. The second-order valence-corrected chi connectivity index (χ2v) is 12.1. The summed E-state index contributed by atoms with van der Waals surface area (Å²) in [4.78, 5) is 44.8. The number of piperidine rings is 2. The summed E-state index contributed by atoms with van der Waals surface area (Å²) in [5.41, 5.74) is -2.06. The van der Waals surface area contributed by atoms with Crippen molar-refractivity contribution in [1.82, 2.24) is 20.3 Å². The van der Waals surface area contributed by atoms with Crippen molar-refractivity contribution >= 4 is 35.0 Å². The van der Waals surface area contributed by atoms with Crippen LogP contribution in [-0.2, 0) is 14.3 Å². The van der Waals surface area contributed by atoms with Gasteiger partial charge in [0.25, 0.3) is 0 Å². The van der Waals surface area contributed by atoms with Crippen LogP contribution in [0.15, 0.2) is 30.5 Å². The van der Waals surface area contributed by atoms with Crippen LogP contribution in [0.3, 0.4) is 0 Å². The summed E-state index contributed by atoms with van der Waals surface area (Å²) in [6.45, 7) is 3.91. The van der Waals surface area contributed by atoms with Gasteiger partial charge in [-0.25, -0.2) is 14.2 Å². The first-order chi connectivity index (χ1) is 19.6. The van der Waals surface area contributed by atoms with Crippen LogP contribution in [0.25, 0.3) is 10.9 Å². The minimum Gasteiger partial charge on any atom is -0.444 e. The number of carbonyl (C=O) groups excluding carboxylic acids is 3. The molecular formula is C28H30F4N6O4. The first-order valence-electron chi connectivity index (χ1n) is 13.4. The molecule has 42 heavy (non-hydrogen) atoms. The zero-order valence-electron chi connectivity index (χ0n) is 23.3. The van der Waals surface area contributed by atoms with E-state index in [4.69, 9.17) is 4.74 Å². The SMILES string of the molecule is CC(C)(C)OC(=O)N1CCC(F)(N(C=O)NC(=O)[C@]23CN(c4ccc(C#N)c5ncccc45)C[C@@]2(C(F)(F)F)C3)CC1. The number of hydrogen-bond donors (Lipinski definition) is 1. The lowest BCUT2D eigenvalue weighted by Crippen LogP contribution is -2.60. The highest BCUT2D eigenvalue weighted by Gasteiger charge is 2.86. The molecule has 3 aliphatic rings. The highest BCUT2D eigenvalue weighted by Crippen LogP contribution is 2.75. The van der Waals surface area contributed by atoms with E-state index < -0.39 is 53.4 Å². The van der Waals surface area contributed by atoms with Crippen LogP contribution in [0.4, 0.5) is 28.0 Å². The number of fused-ring (bicyclic) bond motifs is 2. The third kappa shape index (κ3) is 4.64. The summed E-state index contributed by atoms with van der Waals surface area (Å²) in [7, 11) is 0. The predicted octanol–water partition coefficient (Wildman–Crippen LogP) is 4.05. The summed E-state index contributed by atoms with van der Waals surface area (Å²) in [6, 6.07) is 8.24. The van der Waals surface area contributed by atoms with Crippen molar-refractivity contribution in [2.45, 2.75) is 57.6 Å². The Bertz CT molecular complexity index is 1480. The maximum Gasteiger partial charge on any atom is 0.410 e. The van der Waals surface area contributed by atoms with Crippen molar-refractivity contribution in [3.8, 4) is 6.07 Å². The number of alkyl halides is 4. The molecule has 3 heterocycles. The van der Waals surface area contributed by atoms with E-state index in [-0.39, 0.29) is 44.4 Å². The molecule has 10 nitrogen and oxygen atoms in total. The van der Waals surface area contributed by atoms with Crippen molar-refractivity contribution in [3.05, 3.63) is 36.0 Å². The van der Waals surface area contributed by atoms with Crippen LogP contribution in [-0.4, -0.2) is 77.1 Å². The van der Waals surface area contributed by atoms with Gasteiger partial charge in [0.05, 0.1) is 16.5 Å². The van der Waals surface area contributed by atoms with E-state index in [2.05, 4.69) is 10.4 Å². The minimum absolute atomic E-state index is 0.0435. The fraction of sp³-hybridized carbons (Fsp3) is 0.536. The van der Waals surface area contributed by atoms with Crippen molar-refractivity contribution in [1.29, 1.82) is 5.26 Å². The molecule has 0 spiro atoms. The van der Waals surface area contributed by atoms with E-state index in [9.17, 15) is 32.8 Å². The lowest BCUT2D eigenvalue weighted by Gasteiger charge is -2.41. The minimum atomic E-state index is -4.77. The van der Waals surface area contributed by atoms with E-state index in [1.807, 2.05) is 6.07 Å². The summed E-state index contributed by atoms with van der Waals surface area (Å²) >= 11 is 0. The van der Waals surface area contributed by atoms with Gasteiger partial charge < -0.3 is 14.5 Å². The number of rotatable bonds is 5. The number of pyridine rings is 1. The zero-order chi connectivity index (χ0) is 30.7. The molecule has 1 saturated carbocycles. The summed E-state index contributed by atoms with van der Waals surface area (Å²) in [5, 5.41) is 10.3. The molecule has 3 amide bonds. The van der Waals surface area contributed by atoms with Crippen LogP contribution < -0.4 is 10.3 Å². The normalized spacial score (nSPS) is 24.9. The lowest BCUT2D eigenvalue weighted by atomic mass is 9.95. The van der Waals surface area contributed by atoms with Crippen molar-refractivity contribution < 1.29 is 36.7 Å². The van der Waals surface area contributed by atoms with Gasteiger partial charge in [0.1, 0.15) is 17.1 Å². The Hall–Kier alpha value is -4.15. The molecule has 1 N–H and O–H groups in total. The number of nitriles is 1. The maximum atomic E-state index is 15.9. The summed E-state index contributed by atoms with van der Waals surface area (Å²) in [5.74, 6) is -3.53. The monoisotopic (exact) mass is 590 g/mol. The molecule has 1 aliphatic carbocycles. The zero-order valence-corrected chi connectivity index (χ0v) is 23.3. The number of anilines is 1. The van der Waals surface area contributed by atoms with Crippen LogP contribution in [0.2, 0.25) is 0 Å². The summed E-state index contributed by atoms with van der Waals surface area (Å²) in [6.07, 6.45) is -5.18. The number of halogens is 4. The van der Waals surface area contributed by atoms with Crippen molar-refractivity contribution in [2.75, 3.05) is 31.1 Å². The highest BCUT2D eigenvalue weighted by molar-refractivity contribution is 5.97. The fourth-order valence-corrected chi connectivity index (χ4v) is 6.15. The van der Waals surface area contributed by atoms with E-state index in [1.165, 1.54) is 28.1 Å². The van der Waals surface area contributed by atoms with Crippen LogP contribution in [0.1, 0.15) is 45.6 Å². The Labute approximate surface area is 239 Å². The maximum absolute atomic E-state index is 15.9. The quantitative estimate of drug-likeness (QED) is 0.242. The third-order valence-corrected chi connectivity index (χ3v) is 8.44. The molecule has 224 valence electrons. The van der Waals surface area contributed by atoms with Gasteiger partial charge >= 0.3 is 12.3 Å². The lowest BCUT2D eigenvalue weighted by molar-refractivity contribution is -0.193. The molecule has 1 aromatic carbocycles. The number of benzene rings is 1. The molecule has 0 bridgehead atoms. The first-order valence-corrected chi connectivity index (χ1v) is 13.4. The highest BCUT2D eigenvalue weighted by atomic mass is 19.4. The molecule has 2 saturated heterocycles. The molecular weight excluding hydrogens is 560 g/mol. The van der Waals surface area contributed by atoms with Crippen molar-refractivity contribution in [2.24, 2.45) is 10.8 Å². The molecule has 0 unspecified atom stereocenters. The largest absolute Gasteiger partial charge is 0.444 e. The standard InChI is InChI=1S/C28H30F4N6O4/c1-24(2,3)42-23(41)36-11-8-27(29,9-12-36)38(17-39)35-22(40)25-14-26(25,28(30,31)32)16-37(15-25)20-7-6-18(13-33)21-19(20)5-4-10-34-21/h4-7,10,17H,8-9,11-12,14-16H2,1-3H3,(H,35,40)/t25-,26-/m0/s1. The van der Waals surface area contributed by atoms with Gasteiger partial charge in [0, 0.05) is 56.3 Å². The molecule has 14 heteroatoms. The van der Waals surface area contributed by atoms with E-state index in [0.717, 1.165) is 0 Å². The van der Waals surface area contributed by atoms with Crippen LogP contribution in [0.5, 0.6) is 0 Å². The van der Waals surface area contributed by atoms with Gasteiger partial charge in [0.2, 0.25) is 18.1 Å². The number of hydrogen-bond acceptors (Lipinski definition) is 7. The smallest absolute Gasteiger partial charge is 0.410 e. The number of nitrogens with zero attached hydrogens (tertiary/aromatic N) is 5. The number of aromatic nitrogens is 1. The average molecular weight is 591 g/mol. The first kappa shape index (κ1) is 29.3. The number of hydrazine groups is 1. The topological polar surface area (TPSA) is 119 Å². The molecule has 2 aliphatic heterocycles. The number of nitrogens with one attached hydrogen (secondary N) is 1. The Morgan fingerprint density at radius 3 is 2.45 bits per heavy atom. The van der Waals surface area contributed by atoms with Gasteiger partial charge in [-0.1, -0.05) is 0 Å². The molecule has 2 atom stereocenters. The fourth-order valence-electron chi connectivity index (χ4n) is 6.15. The van der Waals surface area contributed by atoms with Gasteiger partial charge in [-0.2, -0.15) is 18.4 Å². The van der Waals surface area contributed by atoms with Gasteiger partial charge in [-0.3, -0.25) is 20.0 Å².